The zero-order valence-corrected chi connectivity index (χ0v) is 13.4. The summed E-state index contributed by atoms with van der Waals surface area (Å²) in [5.41, 5.74) is 0.619. The smallest absolute Gasteiger partial charge is 0.193 e. The van der Waals surface area contributed by atoms with Crippen LogP contribution in [0.25, 0.3) is 0 Å². The van der Waals surface area contributed by atoms with Crippen molar-refractivity contribution in [3.63, 3.8) is 0 Å². The molecule has 4 heteroatoms. The van der Waals surface area contributed by atoms with E-state index in [9.17, 15) is 0 Å². The molecule has 0 bridgehead atoms. The minimum absolute atomic E-state index is 0.619. The van der Waals surface area contributed by atoms with Crippen LogP contribution in [0.1, 0.15) is 45.4 Å². The van der Waals surface area contributed by atoms with Crippen LogP contribution in [-0.4, -0.2) is 49.0 Å². The number of hydrogen-bond donors (Lipinski definition) is 1. The first-order chi connectivity index (χ1) is 9.29. The third-order valence-corrected chi connectivity index (χ3v) is 5.13. The molecule has 3 nitrogen and oxygen atoms in total. The van der Waals surface area contributed by atoms with Gasteiger partial charge in [-0.2, -0.15) is 11.8 Å². The first-order valence-corrected chi connectivity index (χ1v) is 9.21. The Morgan fingerprint density at radius 3 is 2.74 bits per heavy atom. The molecule has 1 saturated carbocycles. The van der Waals surface area contributed by atoms with Gasteiger partial charge in [-0.1, -0.05) is 19.3 Å². The van der Waals surface area contributed by atoms with Crippen molar-refractivity contribution in [1.82, 2.24) is 10.2 Å². The van der Waals surface area contributed by atoms with E-state index in [-0.39, 0.29) is 0 Å². The lowest BCUT2D eigenvalue weighted by molar-refractivity contribution is 0.203. The minimum atomic E-state index is 0.619. The van der Waals surface area contributed by atoms with Gasteiger partial charge in [-0.05, 0) is 37.9 Å². The van der Waals surface area contributed by atoms with E-state index in [1.165, 1.54) is 51.6 Å². The fourth-order valence-corrected chi connectivity index (χ4v) is 3.77. The van der Waals surface area contributed by atoms with E-state index in [1.807, 2.05) is 11.8 Å². The quantitative estimate of drug-likeness (QED) is 0.488. The highest BCUT2D eigenvalue weighted by Crippen LogP contribution is 2.43. The van der Waals surface area contributed by atoms with E-state index >= 15 is 0 Å². The van der Waals surface area contributed by atoms with E-state index in [2.05, 4.69) is 23.4 Å². The van der Waals surface area contributed by atoms with Gasteiger partial charge in [-0.25, -0.2) is 0 Å². The molecule has 1 N–H and O–H groups in total. The largest absolute Gasteiger partial charge is 0.357 e. The van der Waals surface area contributed by atoms with Gasteiger partial charge in [0, 0.05) is 25.4 Å². The van der Waals surface area contributed by atoms with Crippen LogP contribution in [0.3, 0.4) is 0 Å². The van der Waals surface area contributed by atoms with Crippen molar-refractivity contribution >= 4 is 17.7 Å². The van der Waals surface area contributed by atoms with Crippen LogP contribution in [0.15, 0.2) is 4.99 Å². The molecule has 1 aliphatic heterocycles. The van der Waals surface area contributed by atoms with Gasteiger partial charge in [0.1, 0.15) is 0 Å². The number of likely N-dealkylation sites (tertiary alicyclic amines) is 1. The molecule has 0 unspecified atom stereocenters. The molecule has 1 heterocycles. The normalized spacial score (nSPS) is 23.1. The Morgan fingerprint density at radius 1 is 1.26 bits per heavy atom. The maximum atomic E-state index is 4.77. The molecule has 0 aromatic heterocycles. The SMILES string of the molecule is CCNC(=NCCSC)N1CCC2(CCCCC2)C1. The van der Waals surface area contributed by atoms with E-state index in [1.54, 1.807) is 0 Å². The molecule has 1 spiro atoms. The predicted octanol–water partition coefficient (Wildman–Crippen LogP) is 2.97. The lowest BCUT2D eigenvalue weighted by Crippen LogP contribution is -2.41. The van der Waals surface area contributed by atoms with Crippen LogP contribution in [0.2, 0.25) is 0 Å². The van der Waals surface area contributed by atoms with E-state index in [0.29, 0.717) is 5.41 Å². The average Bonchev–Trinajstić information content (AvgIpc) is 2.82. The van der Waals surface area contributed by atoms with Crippen molar-refractivity contribution in [3.8, 4) is 0 Å². The molecule has 0 atom stereocenters. The molecule has 110 valence electrons. The zero-order chi connectivity index (χ0) is 13.6. The van der Waals surface area contributed by atoms with Crippen LogP contribution in [0.5, 0.6) is 0 Å². The molecule has 2 rings (SSSR count). The number of rotatable bonds is 4. The number of hydrogen-bond acceptors (Lipinski definition) is 2. The minimum Gasteiger partial charge on any atom is -0.357 e. The van der Waals surface area contributed by atoms with E-state index in [4.69, 9.17) is 4.99 Å². The Labute approximate surface area is 122 Å². The second-order valence-electron chi connectivity index (χ2n) is 5.96. The molecule has 1 saturated heterocycles. The average molecular weight is 283 g/mol. The Bertz CT molecular complexity index is 298. The zero-order valence-electron chi connectivity index (χ0n) is 12.6. The maximum Gasteiger partial charge on any atom is 0.193 e. The van der Waals surface area contributed by atoms with Crippen LogP contribution >= 0.6 is 11.8 Å². The van der Waals surface area contributed by atoms with Crippen LogP contribution in [-0.2, 0) is 0 Å². The van der Waals surface area contributed by atoms with Gasteiger partial charge in [0.15, 0.2) is 5.96 Å². The van der Waals surface area contributed by atoms with Gasteiger partial charge in [0.25, 0.3) is 0 Å². The Hall–Kier alpha value is -0.380. The van der Waals surface area contributed by atoms with E-state index < -0.39 is 0 Å². The van der Waals surface area contributed by atoms with Gasteiger partial charge in [-0.3, -0.25) is 4.99 Å². The van der Waals surface area contributed by atoms with Gasteiger partial charge in [0.2, 0.25) is 0 Å². The van der Waals surface area contributed by atoms with Crippen molar-refractivity contribution in [2.75, 3.05) is 38.2 Å². The highest BCUT2D eigenvalue weighted by atomic mass is 32.2. The number of nitrogens with zero attached hydrogens (tertiary/aromatic N) is 2. The lowest BCUT2D eigenvalue weighted by Gasteiger charge is -2.33. The lowest BCUT2D eigenvalue weighted by atomic mass is 9.73. The maximum absolute atomic E-state index is 4.77. The molecule has 0 amide bonds. The Kier molecular flexibility index (Phi) is 5.86. The fourth-order valence-electron chi connectivity index (χ4n) is 3.49. The fraction of sp³-hybridized carbons (Fsp3) is 0.933. The van der Waals surface area contributed by atoms with Crippen molar-refractivity contribution < 1.29 is 0 Å². The highest BCUT2D eigenvalue weighted by Gasteiger charge is 2.39. The summed E-state index contributed by atoms with van der Waals surface area (Å²) < 4.78 is 0. The van der Waals surface area contributed by atoms with Gasteiger partial charge < -0.3 is 10.2 Å². The van der Waals surface area contributed by atoms with Gasteiger partial charge >= 0.3 is 0 Å². The predicted molar refractivity (Wildman–Crippen MR) is 86.1 cm³/mol. The van der Waals surface area contributed by atoms with E-state index in [0.717, 1.165) is 24.8 Å². The molecule has 1 aliphatic carbocycles. The van der Waals surface area contributed by atoms with Crippen LogP contribution in [0, 0.1) is 5.41 Å². The summed E-state index contributed by atoms with van der Waals surface area (Å²) in [6.45, 7) is 6.51. The summed E-state index contributed by atoms with van der Waals surface area (Å²) in [4.78, 5) is 7.28. The first kappa shape index (κ1) is 15.0. The number of nitrogens with one attached hydrogen (secondary N) is 1. The number of thioether (sulfide) groups is 1. The molecule has 2 aliphatic rings. The summed E-state index contributed by atoms with van der Waals surface area (Å²) in [7, 11) is 0. The molecule has 19 heavy (non-hydrogen) atoms. The Balaban J connectivity index is 1.93. The summed E-state index contributed by atoms with van der Waals surface area (Å²) in [5.74, 6) is 2.27. The standard InChI is InChI=1S/C15H29N3S/c1-3-16-14(17-10-12-19-2)18-11-9-15(13-18)7-5-4-6-8-15/h3-13H2,1-2H3,(H,16,17). The van der Waals surface area contributed by atoms with Crippen LogP contribution in [0.4, 0.5) is 0 Å². The monoisotopic (exact) mass is 283 g/mol. The highest BCUT2D eigenvalue weighted by molar-refractivity contribution is 7.98. The second kappa shape index (κ2) is 7.41. The summed E-state index contributed by atoms with van der Waals surface area (Å²) in [6, 6.07) is 0. The molecule has 0 aromatic rings. The molecule has 0 radical (unpaired) electrons. The summed E-state index contributed by atoms with van der Waals surface area (Å²) in [5, 5.41) is 3.47. The third kappa shape index (κ3) is 4.04. The van der Waals surface area contributed by atoms with Crippen molar-refractivity contribution in [2.45, 2.75) is 45.4 Å². The third-order valence-electron chi connectivity index (χ3n) is 4.54. The van der Waals surface area contributed by atoms with Crippen molar-refractivity contribution in [3.05, 3.63) is 0 Å². The van der Waals surface area contributed by atoms with Crippen LogP contribution < -0.4 is 5.32 Å². The van der Waals surface area contributed by atoms with Crippen molar-refractivity contribution in [2.24, 2.45) is 10.4 Å². The summed E-state index contributed by atoms with van der Waals surface area (Å²) >= 11 is 1.87. The Morgan fingerprint density at radius 2 is 2.05 bits per heavy atom. The van der Waals surface area contributed by atoms with Gasteiger partial charge in [-0.15, -0.1) is 0 Å². The molecular formula is C15H29N3S. The van der Waals surface area contributed by atoms with Gasteiger partial charge in [0.05, 0.1) is 6.54 Å². The second-order valence-corrected chi connectivity index (χ2v) is 6.95. The van der Waals surface area contributed by atoms with Crippen molar-refractivity contribution in [1.29, 1.82) is 0 Å². The summed E-state index contributed by atoms with van der Waals surface area (Å²) in [6.07, 6.45) is 10.7. The molecule has 0 aromatic carbocycles. The number of aliphatic imine (C=N–C) groups is 1. The molecule has 2 fully saturated rings. The topological polar surface area (TPSA) is 27.6 Å². The number of guanidine groups is 1. The molecular weight excluding hydrogens is 254 g/mol. The first-order valence-electron chi connectivity index (χ1n) is 7.82.